The van der Waals surface area contributed by atoms with Gasteiger partial charge in [0, 0.05) is 19.2 Å². The van der Waals surface area contributed by atoms with Crippen LogP contribution in [-0.2, 0) is 20.0 Å². The van der Waals surface area contributed by atoms with Crippen LogP contribution in [0.15, 0.2) is 0 Å². The van der Waals surface area contributed by atoms with Crippen LogP contribution in [0.1, 0.15) is 48.9 Å². The molecule has 10 heteroatoms. The fourth-order valence-electron chi connectivity index (χ4n) is 2.48. The van der Waals surface area contributed by atoms with Gasteiger partial charge in [0.1, 0.15) is 5.69 Å². The first-order chi connectivity index (χ1) is 13.1. The van der Waals surface area contributed by atoms with Crippen LogP contribution in [0.2, 0.25) is 5.02 Å². The van der Waals surface area contributed by atoms with Crippen molar-refractivity contribution in [1.29, 1.82) is 0 Å². The van der Waals surface area contributed by atoms with E-state index >= 15 is 0 Å². The molecule has 1 aromatic heterocycles. The maximum Gasteiger partial charge on any atom is 0.271 e. The van der Waals surface area contributed by atoms with Gasteiger partial charge in [0.25, 0.3) is 5.91 Å². The predicted octanol–water partition coefficient (Wildman–Crippen LogP) is 4.30. The van der Waals surface area contributed by atoms with Gasteiger partial charge in [-0.2, -0.15) is 13.9 Å². The molecule has 1 aromatic carbocycles. The number of hydrogen-bond donors (Lipinski definition) is 1. The van der Waals surface area contributed by atoms with Crippen molar-refractivity contribution in [2.75, 3.05) is 0 Å². The van der Waals surface area contributed by atoms with Crippen LogP contribution in [0.25, 0.3) is 0 Å². The second kappa shape index (κ2) is 8.81. The summed E-state index contributed by atoms with van der Waals surface area (Å²) in [7, 11) is 1.47. The predicted molar refractivity (Wildman–Crippen MR) is 95.4 cm³/mol. The number of amides is 1. The zero-order valence-electron chi connectivity index (χ0n) is 15.8. The van der Waals surface area contributed by atoms with Gasteiger partial charge in [-0.15, -0.1) is 0 Å². The van der Waals surface area contributed by atoms with Crippen molar-refractivity contribution < 1.29 is 27.1 Å². The quantitative estimate of drug-likeness (QED) is 0.535. The van der Waals surface area contributed by atoms with Crippen molar-refractivity contribution in [3.8, 4) is 5.75 Å². The highest BCUT2D eigenvalue weighted by Crippen LogP contribution is 2.31. The number of rotatable bonds is 7. The Morgan fingerprint density at radius 3 is 2.21 bits per heavy atom. The van der Waals surface area contributed by atoms with Gasteiger partial charge < -0.3 is 10.1 Å². The molecule has 0 spiro atoms. The van der Waals surface area contributed by atoms with E-state index < -0.39 is 53.1 Å². The average Bonchev–Trinajstić information content (AvgIpc) is 2.96. The molecule has 0 bridgehead atoms. The first-order valence-corrected chi connectivity index (χ1v) is 9.02. The summed E-state index contributed by atoms with van der Waals surface area (Å²) in [6.07, 6.45) is 0.204. The fraction of sp³-hybridized carbons (Fsp3) is 0.444. The van der Waals surface area contributed by atoms with E-state index in [1.807, 2.05) is 0 Å². The number of nitrogens with zero attached hydrogens (tertiary/aromatic N) is 2. The number of nitrogens with one attached hydrogen (secondary N) is 1. The first kappa shape index (κ1) is 22.0. The molecule has 0 fully saturated rings. The Morgan fingerprint density at radius 2 is 1.75 bits per heavy atom. The standard InChI is InChI=1S/C18H20ClF4N3O2/c1-5-8(3)28-17-14(22)12(20)9(13(21)15(17)23)7-24-18(27)16-11(19)10(6-2)25-26(16)4/h8H,5-7H2,1-4H3,(H,24,27). The molecule has 0 aliphatic heterocycles. The molecule has 0 radical (unpaired) electrons. The maximum atomic E-state index is 14.3. The summed E-state index contributed by atoms with van der Waals surface area (Å²) in [4.78, 5) is 12.3. The van der Waals surface area contributed by atoms with E-state index in [9.17, 15) is 22.4 Å². The number of halogens is 5. The summed E-state index contributed by atoms with van der Waals surface area (Å²) in [6.45, 7) is 4.18. The SMILES string of the molecule is CCc1nn(C)c(C(=O)NCc2c(F)c(F)c(OC(C)CC)c(F)c2F)c1Cl. The topological polar surface area (TPSA) is 56.2 Å². The number of hydrogen-bond acceptors (Lipinski definition) is 3. The molecule has 1 atom stereocenters. The Morgan fingerprint density at radius 1 is 1.18 bits per heavy atom. The summed E-state index contributed by atoms with van der Waals surface area (Å²) < 4.78 is 63.0. The minimum atomic E-state index is -1.66. The Hall–Kier alpha value is -2.29. The van der Waals surface area contributed by atoms with Gasteiger partial charge in [-0.25, -0.2) is 8.78 Å². The summed E-state index contributed by atoms with van der Waals surface area (Å²) >= 11 is 6.07. The molecule has 1 amide bonds. The van der Waals surface area contributed by atoms with Crippen molar-refractivity contribution in [2.24, 2.45) is 7.05 Å². The van der Waals surface area contributed by atoms with Crippen LogP contribution in [0.4, 0.5) is 17.6 Å². The first-order valence-electron chi connectivity index (χ1n) is 8.64. The van der Waals surface area contributed by atoms with Gasteiger partial charge in [0.15, 0.2) is 17.4 Å². The lowest BCUT2D eigenvalue weighted by molar-refractivity contribution is 0.0940. The van der Waals surface area contributed by atoms with Crippen molar-refractivity contribution in [1.82, 2.24) is 15.1 Å². The molecule has 1 N–H and O–H groups in total. The molecule has 0 aliphatic carbocycles. The molecule has 0 saturated heterocycles. The van der Waals surface area contributed by atoms with Crippen LogP contribution in [-0.4, -0.2) is 21.8 Å². The summed E-state index contributed by atoms with van der Waals surface area (Å²) in [5.74, 6) is -8.50. The Balaban J connectivity index is 2.30. The van der Waals surface area contributed by atoms with E-state index in [1.54, 1.807) is 13.8 Å². The smallest absolute Gasteiger partial charge is 0.271 e. The fourth-order valence-corrected chi connectivity index (χ4v) is 2.86. The van der Waals surface area contributed by atoms with E-state index in [0.29, 0.717) is 18.5 Å². The summed E-state index contributed by atoms with van der Waals surface area (Å²) in [5, 5.41) is 6.35. The maximum absolute atomic E-state index is 14.3. The molecule has 1 heterocycles. The molecule has 0 saturated carbocycles. The Bertz CT molecular complexity index is 873. The van der Waals surface area contributed by atoms with Gasteiger partial charge in [-0.05, 0) is 19.8 Å². The van der Waals surface area contributed by atoms with Crippen LogP contribution in [0.5, 0.6) is 5.75 Å². The van der Waals surface area contributed by atoms with Crippen molar-refractivity contribution in [3.05, 3.63) is 45.2 Å². The normalized spacial score (nSPS) is 12.2. The van der Waals surface area contributed by atoms with Crippen molar-refractivity contribution >= 4 is 17.5 Å². The van der Waals surface area contributed by atoms with Crippen LogP contribution in [0, 0.1) is 23.3 Å². The lowest BCUT2D eigenvalue weighted by Crippen LogP contribution is -2.27. The van der Waals surface area contributed by atoms with Gasteiger partial charge in [-0.3, -0.25) is 9.48 Å². The third kappa shape index (κ3) is 4.09. The molecular weight excluding hydrogens is 402 g/mol. The highest BCUT2D eigenvalue weighted by molar-refractivity contribution is 6.34. The third-order valence-electron chi connectivity index (χ3n) is 4.24. The lowest BCUT2D eigenvalue weighted by Gasteiger charge is -2.16. The van der Waals surface area contributed by atoms with E-state index in [4.69, 9.17) is 16.3 Å². The van der Waals surface area contributed by atoms with Gasteiger partial charge >= 0.3 is 0 Å². The number of aryl methyl sites for hydroxylation is 2. The molecule has 5 nitrogen and oxygen atoms in total. The molecule has 0 aliphatic rings. The lowest BCUT2D eigenvalue weighted by atomic mass is 10.1. The molecule has 154 valence electrons. The van der Waals surface area contributed by atoms with Crippen LogP contribution in [0.3, 0.4) is 0 Å². The van der Waals surface area contributed by atoms with Crippen LogP contribution >= 0.6 is 11.6 Å². The second-order valence-electron chi connectivity index (χ2n) is 6.17. The number of ether oxygens (including phenoxy) is 1. The second-order valence-corrected chi connectivity index (χ2v) is 6.55. The summed E-state index contributed by atoms with van der Waals surface area (Å²) in [5.41, 5.74) is -0.527. The highest BCUT2D eigenvalue weighted by atomic mass is 35.5. The molecule has 2 aromatic rings. The molecule has 1 unspecified atom stereocenters. The minimum absolute atomic E-state index is 0.0306. The van der Waals surface area contributed by atoms with Crippen molar-refractivity contribution in [3.63, 3.8) is 0 Å². The highest BCUT2D eigenvalue weighted by Gasteiger charge is 2.28. The Labute approximate surface area is 164 Å². The van der Waals surface area contributed by atoms with E-state index in [0.717, 1.165) is 0 Å². The van der Waals surface area contributed by atoms with Gasteiger partial charge in [0.2, 0.25) is 11.6 Å². The monoisotopic (exact) mass is 421 g/mol. The largest absolute Gasteiger partial charge is 0.485 e. The average molecular weight is 422 g/mol. The van der Waals surface area contributed by atoms with E-state index in [2.05, 4.69) is 10.4 Å². The molecule has 2 rings (SSSR count). The van der Waals surface area contributed by atoms with E-state index in [-0.39, 0.29) is 10.7 Å². The number of carbonyl (C=O) groups excluding carboxylic acids is 1. The number of carbonyl (C=O) groups is 1. The minimum Gasteiger partial charge on any atom is -0.485 e. The zero-order chi connectivity index (χ0) is 21.2. The van der Waals surface area contributed by atoms with E-state index in [1.165, 1.54) is 18.7 Å². The molecular formula is C18H20ClF4N3O2. The molecule has 28 heavy (non-hydrogen) atoms. The Kier molecular flexibility index (Phi) is 6.92. The van der Waals surface area contributed by atoms with Crippen LogP contribution < -0.4 is 10.1 Å². The third-order valence-corrected chi connectivity index (χ3v) is 4.64. The van der Waals surface area contributed by atoms with Gasteiger partial charge in [0.05, 0.1) is 16.8 Å². The number of aromatic nitrogens is 2. The number of benzene rings is 1. The van der Waals surface area contributed by atoms with Crippen molar-refractivity contribution in [2.45, 2.75) is 46.3 Å². The summed E-state index contributed by atoms with van der Waals surface area (Å²) in [6, 6.07) is 0. The zero-order valence-corrected chi connectivity index (χ0v) is 16.6. The van der Waals surface area contributed by atoms with Gasteiger partial charge in [-0.1, -0.05) is 25.4 Å².